The Balaban J connectivity index is 2.00. The van der Waals surface area contributed by atoms with Crippen LogP contribution in [0.2, 0.25) is 0 Å². The second-order valence-corrected chi connectivity index (χ2v) is 5.30. The largest absolute Gasteiger partial charge is 0.359 e. The van der Waals surface area contributed by atoms with Gasteiger partial charge in [0.2, 0.25) is 0 Å². The summed E-state index contributed by atoms with van der Waals surface area (Å²) in [6, 6.07) is 4.20. The second-order valence-electron chi connectivity index (χ2n) is 5.30. The minimum atomic E-state index is 0.865. The molecule has 2 rings (SSSR count). The van der Waals surface area contributed by atoms with Crippen LogP contribution in [0.15, 0.2) is 18.3 Å². The zero-order valence-corrected chi connectivity index (χ0v) is 11.7. The number of hydrogen-bond acceptors (Lipinski definition) is 3. The van der Waals surface area contributed by atoms with Gasteiger partial charge in [0.15, 0.2) is 0 Å². The maximum absolute atomic E-state index is 4.56. The van der Waals surface area contributed by atoms with E-state index in [1.165, 1.54) is 31.2 Å². The number of rotatable bonds is 6. The molecule has 0 saturated heterocycles. The lowest BCUT2D eigenvalue weighted by Gasteiger charge is -2.24. The Morgan fingerprint density at radius 1 is 1.39 bits per heavy atom. The highest BCUT2D eigenvalue weighted by atomic mass is 15.2. The molecular formula is C15H25N3. The van der Waals surface area contributed by atoms with E-state index in [0.717, 1.165) is 31.4 Å². The van der Waals surface area contributed by atoms with E-state index in [9.17, 15) is 0 Å². The van der Waals surface area contributed by atoms with E-state index in [4.69, 9.17) is 0 Å². The standard InChI is InChI=1S/C15H25N3/c1-3-16-11-14-9-6-10-17-15(14)18(2)12-13-7-4-5-8-13/h6,9-10,13,16H,3-5,7-8,11-12H2,1-2H3. The van der Waals surface area contributed by atoms with Crippen molar-refractivity contribution in [3.05, 3.63) is 23.9 Å². The highest BCUT2D eigenvalue weighted by Gasteiger charge is 2.18. The van der Waals surface area contributed by atoms with Crippen molar-refractivity contribution < 1.29 is 0 Å². The molecule has 1 aliphatic carbocycles. The molecule has 1 aromatic heterocycles. The lowest BCUT2D eigenvalue weighted by Crippen LogP contribution is -2.27. The molecule has 0 radical (unpaired) electrons. The van der Waals surface area contributed by atoms with Crippen LogP contribution in [-0.4, -0.2) is 25.1 Å². The smallest absolute Gasteiger partial charge is 0.132 e. The molecule has 3 nitrogen and oxygen atoms in total. The van der Waals surface area contributed by atoms with E-state index in [2.05, 4.69) is 35.2 Å². The molecule has 3 heteroatoms. The van der Waals surface area contributed by atoms with Gasteiger partial charge in [0, 0.05) is 31.9 Å². The van der Waals surface area contributed by atoms with Crippen molar-refractivity contribution in [2.75, 3.05) is 25.0 Å². The third-order valence-corrected chi connectivity index (χ3v) is 3.80. The number of nitrogens with one attached hydrogen (secondary N) is 1. The lowest BCUT2D eigenvalue weighted by atomic mass is 10.1. The number of hydrogen-bond donors (Lipinski definition) is 1. The van der Waals surface area contributed by atoms with Crippen LogP contribution in [0, 0.1) is 5.92 Å². The predicted octanol–water partition coefficient (Wildman–Crippen LogP) is 2.82. The third kappa shape index (κ3) is 3.45. The minimum Gasteiger partial charge on any atom is -0.359 e. The second kappa shape index (κ2) is 6.74. The van der Waals surface area contributed by atoms with E-state index in [-0.39, 0.29) is 0 Å². The summed E-state index contributed by atoms with van der Waals surface area (Å²) in [5.41, 5.74) is 1.31. The normalized spacial score (nSPS) is 16.1. The summed E-state index contributed by atoms with van der Waals surface area (Å²) >= 11 is 0. The van der Waals surface area contributed by atoms with Crippen LogP contribution in [0.5, 0.6) is 0 Å². The molecule has 0 aliphatic heterocycles. The first-order chi connectivity index (χ1) is 8.81. The molecular weight excluding hydrogens is 222 g/mol. The highest BCUT2D eigenvalue weighted by Crippen LogP contribution is 2.27. The summed E-state index contributed by atoms with van der Waals surface area (Å²) in [5.74, 6) is 2.01. The van der Waals surface area contributed by atoms with Gasteiger partial charge < -0.3 is 10.2 Å². The number of pyridine rings is 1. The van der Waals surface area contributed by atoms with Crippen LogP contribution in [0.3, 0.4) is 0 Å². The minimum absolute atomic E-state index is 0.865. The van der Waals surface area contributed by atoms with Crippen LogP contribution < -0.4 is 10.2 Å². The van der Waals surface area contributed by atoms with E-state index in [0.29, 0.717) is 0 Å². The molecule has 0 unspecified atom stereocenters. The van der Waals surface area contributed by atoms with E-state index >= 15 is 0 Å². The Morgan fingerprint density at radius 3 is 2.89 bits per heavy atom. The Kier molecular flexibility index (Phi) is 5.00. The van der Waals surface area contributed by atoms with Crippen molar-refractivity contribution in [2.24, 2.45) is 5.92 Å². The number of aromatic nitrogens is 1. The van der Waals surface area contributed by atoms with Gasteiger partial charge in [-0.3, -0.25) is 0 Å². The maximum Gasteiger partial charge on any atom is 0.132 e. The van der Waals surface area contributed by atoms with Crippen molar-refractivity contribution >= 4 is 5.82 Å². The zero-order chi connectivity index (χ0) is 12.8. The predicted molar refractivity (Wildman–Crippen MR) is 76.8 cm³/mol. The summed E-state index contributed by atoms with van der Waals surface area (Å²) in [7, 11) is 2.18. The van der Waals surface area contributed by atoms with Gasteiger partial charge in [-0.25, -0.2) is 4.98 Å². The quantitative estimate of drug-likeness (QED) is 0.838. The van der Waals surface area contributed by atoms with Gasteiger partial charge in [-0.05, 0) is 31.4 Å². The van der Waals surface area contributed by atoms with Crippen LogP contribution >= 0.6 is 0 Å². The highest BCUT2D eigenvalue weighted by molar-refractivity contribution is 5.45. The molecule has 1 aromatic rings. The molecule has 1 saturated carbocycles. The van der Waals surface area contributed by atoms with Crippen LogP contribution in [0.25, 0.3) is 0 Å². The van der Waals surface area contributed by atoms with Gasteiger partial charge in [-0.15, -0.1) is 0 Å². The molecule has 18 heavy (non-hydrogen) atoms. The fourth-order valence-corrected chi connectivity index (χ4v) is 2.84. The van der Waals surface area contributed by atoms with Gasteiger partial charge in [0.25, 0.3) is 0 Å². The summed E-state index contributed by atoms with van der Waals surface area (Å²) < 4.78 is 0. The fourth-order valence-electron chi connectivity index (χ4n) is 2.84. The molecule has 1 fully saturated rings. The third-order valence-electron chi connectivity index (χ3n) is 3.80. The summed E-state index contributed by atoms with van der Waals surface area (Å²) in [6.45, 7) is 5.20. The first-order valence-corrected chi connectivity index (χ1v) is 7.17. The van der Waals surface area contributed by atoms with Gasteiger partial charge in [-0.1, -0.05) is 25.8 Å². The molecule has 0 amide bonds. The van der Waals surface area contributed by atoms with Crippen LogP contribution in [0.1, 0.15) is 38.2 Å². The zero-order valence-electron chi connectivity index (χ0n) is 11.7. The molecule has 1 aliphatic rings. The Morgan fingerprint density at radius 2 is 2.17 bits per heavy atom. The first-order valence-electron chi connectivity index (χ1n) is 7.17. The Bertz CT molecular complexity index is 359. The number of nitrogens with zero attached hydrogens (tertiary/aromatic N) is 2. The van der Waals surface area contributed by atoms with Gasteiger partial charge >= 0.3 is 0 Å². The average Bonchev–Trinajstić information content (AvgIpc) is 2.89. The molecule has 1 heterocycles. The Labute approximate surface area is 111 Å². The molecule has 100 valence electrons. The van der Waals surface area contributed by atoms with Gasteiger partial charge in [0.05, 0.1) is 0 Å². The van der Waals surface area contributed by atoms with Crippen molar-refractivity contribution in [2.45, 2.75) is 39.2 Å². The van der Waals surface area contributed by atoms with Gasteiger partial charge in [0.1, 0.15) is 5.82 Å². The summed E-state index contributed by atoms with van der Waals surface area (Å²) in [6.07, 6.45) is 7.49. The van der Waals surface area contributed by atoms with Crippen LogP contribution in [0.4, 0.5) is 5.82 Å². The summed E-state index contributed by atoms with van der Waals surface area (Å²) in [5, 5.41) is 3.39. The van der Waals surface area contributed by atoms with Crippen molar-refractivity contribution in [3.8, 4) is 0 Å². The van der Waals surface area contributed by atoms with Crippen molar-refractivity contribution in [1.82, 2.24) is 10.3 Å². The molecule has 0 spiro atoms. The topological polar surface area (TPSA) is 28.2 Å². The molecule has 0 atom stereocenters. The lowest BCUT2D eigenvalue weighted by molar-refractivity contribution is 0.543. The molecule has 1 N–H and O–H groups in total. The fraction of sp³-hybridized carbons (Fsp3) is 0.667. The average molecular weight is 247 g/mol. The van der Waals surface area contributed by atoms with Crippen molar-refractivity contribution in [1.29, 1.82) is 0 Å². The maximum atomic E-state index is 4.56. The molecule has 0 bridgehead atoms. The van der Waals surface area contributed by atoms with E-state index in [1.54, 1.807) is 0 Å². The Hall–Kier alpha value is -1.09. The monoisotopic (exact) mass is 247 g/mol. The van der Waals surface area contributed by atoms with E-state index in [1.807, 2.05) is 12.3 Å². The molecule has 0 aromatic carbocycles. The number of anilines is 1. The first kappa shape index (κ1) is 13.3. The van der Waals surface area contributed by atoms with Crippen LogP contribution in [-0.2, 0) is 6.54 Å². The van der Waals surface area contributed by atoms with Crippen molar-refractivity contribution in [3.63, 3.8) is 0 Å². The van der Waals surface area contributed by atoms with E-state index < -0.39 is 0 Å². The summed E-state index contributed by atoms with van der Waals surface area (Å²) in [4.78, 5) is 6.90. The van der Waals surface area contributed by atoms with Gasteiger partial charge in [-0.2, -0.15) is 0 Å². The SMILES string of the molecule is CCNCc1cccnc1N(C)CC1CCCC1.